The standard InChI is InChI=1S/C12H14BrClO/c1-3-8(4-2)12(15)9-6-5-7-10(13)11(9)14/h5-8H,3-4H2,1-2H3. The van der Waals surface area contributed by atoms with Crippen LogP contribution >= 0.6 is 27.5 Å². The minimum absolute atomic E-state index is 0.0804. The highest BCUT2D eigenvalue weighted by atomic mass is 79.9. The molecule has 0 saturated carbocycles. The topological polar surface area (TPSA) is 17.1 Å². The fourth-order valence-corrected chi connectivity index (χ4v) is 2.16. The number of Topliss-reactive ketones (excluding diaryl/α,β-unsaturated/α-hetero) is 1. The van der Waals surface area contributed by atoms with Crippen LogP contribution in [0.3, 0.4) is 0 Å². The molecule has 0 aliphatic carbocycles. The van der Waals surface area contributed by atoms with Crippen LogP contribution in [-0.2, 0) is 0 Å². The van der Waals surface area contributed by atoms with E-state index in [1.54, 1.807) is 6.07 Å². The van der Waals surface area contributed by atoms with Gasteiger partial charge in [-0.3, -0.25) is 4.79 Å². The summed E-state index contributed by atoms with van der Waals surface area (Å²) in [6.07, 6.45) is 1.72. The maximum atomic E-state index is 12.1. The second kappa shape index (κ2) is 5.66. The molecule has 0 unspecified atom stereocenters. The smallest absolute Gasteiger partial charge is 0.167 e. The Morgan fingerprint density at radius 3 is 2.53 bits per heavy atom. The zero-order valence-electron chi connectivity index (χ0n) is 8.89. The Labute approximate surface area is 104 Å². The summed E-state index contributed by atoms with van der Waals surface area (Å²) in [5.41, 5.74) is 0.625. The van der Waals surface area contributed by atoms with Gasteiger partial charge >= 0.3 is 0 Å². The normalized spacial score (nSPS) is 10.7. The molecular weight excluding hydrogens is 275 g/mol. The van der Waals surface area contributed by atoms with E-state index in [-0.39, 0.29) is 11.7 Å². The molecule has 0 saturated heterocycles. The van der Waals surface area contributed by atoms with E-state index < -0.39 is 0 Å². The molecule has 1 aromatic carbocycles. The van der Waals surface area contributed by atoms with E-state index in [1.165, 1.54) is 0 Å². The van der Waals surface area contributed by atoms with Crippen LogP contribution < -0.4 is 0 Å². The number of rotatable bonds is 4. The van der Waals surface area contributed by atoms with E-state index in [4.69, 9.17) is 11.6 Å². The van der Waals surface area contributed by atoms with Crippen molar-refractivity contribution in [3.8, 4) is 0 Å². The van der Waals surface area contributed by atoms with Gasteiger partial charge in [-0.15, -0.1) is 0 Å². The predicted molar refractivity (Wildman–Crippen MR) is 67.6 cm³/mol. The number of carbonyl (C=O) groups is 1. The molecule has 82 valence electrons. The first-order chi connectivity index (χ1) is 7.11. The Morgan fingerprint density at radius 2 is 2.00 bits per heavy atom. The maximum absolute atomic E-state index is 12.1. The molecule has 3 heteroatoms. The highest BCUT2D eigenvalue weighted by molar-refractivity contribution is 9.10. The third-order valence-corrected chi connectivity index (χ3v) is 3.87. The van der Waals surface area contributed by atoms with Crippen LogP contribution in [0.2, 0.25) is 5.02 Å². The molecule has 0 aliphatic heterocycles. The van der Waals surface area contributed by atoms with Gasteiger partial charge in [0.15, 0.2) is 5.78 Å². The van der Waals surface area contributed by atoms with E-state index in [0.29, 0.717) is 10.6 Å². The molecule has 0 bridgehead atoms. The first-order valence-electron chi connectivity index (χ1n) is 5.10. The largest absolute Gasteiger partial charge is 0.294 e. The van der Waals surface area contributed by atoms with Gasteiger partial charge in [0, 0.05) is 16.0 Å². The van der Waals surface area contributed by atoms with Gasteiger partial charge in [0.05, 0.1) is 5.02 Å². The van der Waals surface area contributed by atoms with Crippen LogP contribution in [-0.4, -0.2) is 5.78 Å². The van der Waals surface area contributed by atoms with Crippen LogP contribution in [0, 0.1) is 5.92 Å². The van der Waals surface area contributed by atoms with Crippen LogP contribution in [0.1, 0.15) is 37.0 Å². The van der Waals surface area contributed by atoms with Crippen molar-refractivity contribution in [3.05, 3.63) is 33.3 Å². The molecule has 0 aromatic heterocycles. The van der Waals surface area contributed by atoms with E-state index in [9.17, 15) is 4.79 Å². The number of benzene rings is 1. The lowest BCUT2D eigenvalue weighted by atomic mass is 9.93. The predicted octanol–water partition coefficient (Wildman–Crippen LogP) is 4.72. The Morgan fingerprint density at radius 1 is 1.40 bits per heavy atom. The van der Waals surface area contributed by atoms with Crippen molar-refractivity contribution in [2.24, 2.45) is 5.92 Å². The second-order valence-corrected chi connectivity index (χ2v) is 4.71. The zero-order valence-corrected chi connectivity index (χ0v) is 11.2. The molecule has 0 radical (unpaired) electrons. The Balaban J connectivity index is 3.05. The summed E-state index contributed by atoms with van der Waals surface area (Å²) in [6.45, 7) is 4.05. The molecule has 1 rings (SSSR count). The fraction of sp³-hybridized carbons (Fsp3) is 0.417. The second-order valence-electron chi connectivity index (χ2n) is 3.48. The van der Waals surface area contributed by atoms with E-state index >= 15 is 0 Å². The van der Waals surface area contributed by atoms with Crippen molar-refractivity contribution < 1.29 is 4.79 Å². The Kier molecular flexibility index (Phi) is 4.81. The molecule has 1 nitrogen and oxygen atoms in total. The summed E-state index contributed by atoms with van der Waals surface area (Å²) >= 11 is 9.40. The van der Waals surface area contributed by atoms with Crippen LogP contribution in [0.4, 0.5) is 0 Å². The van der Waals surface area contributed by atoms with Crippen LogP contribution in [0.15, 0.2) is 22.7 Å². The van der Waals surface area contributed by atoms with Crippen molar-refractivity contribution in [1.82, 2.24) is 0 Å². The molecule has 0 amide bonds. The highest BCUT2D eigenvalue weighted by Crippen LogP contribution is 2.28. The fourth-order valence-electron chi connectivity index (χ4n) is 1.57. The maximum Gasteiger partial charge on any atom is 0.167 e. The van der Waals surface area contributed by atoms with Crippen LogP contribution in [0.25, 0.3) is 0 Å². The van der Waals surface area contributed by atoms with Crippen molar-refractivity contribution in [2.75, 3.05) is 0 Å². The molecule has 0 N–H and O–H groups in total. The van der Waals surface area contributed by atoms with Crippen molar-refractivity contribution in [1.29, 1.82) is 0 Å². The van der Waals surface area contributed by atoms with Gasteiger partial charge in [0.2, 0.25) is 0 Å². The van der Waals surface area contributed by atoms with Crippen molar-refractivity contribution in [2.45, 2.75) is 26.7 Å². The summed E-state index contributed by atoms with van der Waals surface area (Å²) in [6, 6.07) is 5.46. The summed E-state index contributed by atoms with van der Waals surface area (Å²) in [7, 11) is 0. The Hall–Kier alpha value is -0.340. The first-order valence-corrected chi connectivity index (χ1v) is 6.27. The minimum Gasteiger partial charge on any atom is -0.294 e. The third kappa shape index (κ3) is 2.82. The average molecular weight is 290 g/mol. The highest BCUT2D eigenvalue weighted by Gasteiger charge is 2.19. The number of carbonyl (C=O) groups excluding carboxylic acids is 1. The lowest BCUT2D eigenvalue weighted by molar-refractivity contribution is 0.0913. The summed E-state index contributed by atoms with van der Waals surface area (Å²) in [5, 5.41) is 0.523. The quantitative estimate of drug-likeness (QED) is 0.733. The number of hydrogen-bond donors (Lipinski definition) is 0. The van der Waals surface area contributed by atoms with Crippen molar-refractivity contribution in [3.63, 3.8) is 0 Å². The zero-order chi connectivity index (χ0) is 11.4. The van der Waals surface area contributed by atoms with E-state index in [0.717, 1.165) is 17.3 Å². The van der Waals surface area contributed by atoms with Crippen LogP contribution in [0.5, 0.6) is 0 Å². The number of hydrogen-bond acceptors (Lipinski definition) is 1. The molecule has 0 spiro atoms. The summed E-state index contributed by atoms with van der Waals surface area (Å²) < 4.78 is 0.779. The number of ketones is 1. The molecule has 0 heterocycles. The van der Waals surface area contributed by atoms with Gasteiger partial charge in [-0.05, 0) is 40.9 Å². The Bertz CT molecular complexity index is 359. The van der Waals surface area contributed by atoms with Gasteiger partial charge in [0.25, 0.3) is 0 Å². The summed E-state index contributed by atoms with van der Waals surface area (Å²) in [5.74, 6) is 0.225. The van der Waals surface area contributed by atoms with Gasteiger partial charge < -0.3 is 0 Å². The lowest BCUT2D eigenvalue weighted by Gasteiger charge is -2.12. The molecule has 0 fully saturated rings. The van der Waals surface area contributed by atoms with Gasteiger partial charge in [0.1, 0.15) is 0 Å². The summed E-state index contributed by atoms with van der Waals surface area (Å²) in [4.78, 5) is 12.1. The molecule has 1 aromatic rings. The van der Waals surface area contributed by atoms with Crippen molar-refractivity contribution >= 4 is 33.3 Å². The lowest BCUT2D eigenvalue weighted by Crippen LogP contribution is -2.13. The molecule has 15 heavy (non-hydrogen) atoms. The van der Waals surface area contributed by atoms with E-state index in [1.807, 2.05) is 26.0 Å². The molecular formula is C12H14BrClO. The molecule has 0 aliphatic rings. The van der Waals surface area contributed by atoms with E-state index in [2.05, 4.69) is 15.9 Å². The van der Waals surface area contributed by atoms with Gasteiger partial charge in [-0.2, -0.15) is 0 Å². The monoisotopic (exact) mass is 288 g/mol. The van der Waals surface area contributed by atoms with Gasteiger partial charge in [-0.1, -0.05) is 31.5 Å². The first kappa shape index (κ1) is 12.7. The van der Waals surface area contributed by atoms with Gasteiger partial charge in [-0.25, -0.2) is 0 Å². The third-order valence-electron chi connectivity index (χ3n) is 2.57. The average Bonchev–Trinajstić information content (AvgIpc) is 2.23. The number of halogens is 2. The minimum atomic E-state index is 0.0804. The SMILES string of the molecule is CCC(CC)C(=O)c1cccc(Br)c1Cl. The molecule has 0 atom stereocenters.